The highest BCUT2D eigenvalue weighted by Gasteiger charge is 2.04. The molecule has 1 aromatic rings. The summed E-state index contributed by atoms with van der Waals surface area (Å²) >= 11 is 1.61. The lowest BCUT2D eigenvalue weighted by Gasteiger charge is -2.05. The normalized spacial score (nSPS) is 12.8. The van der Waals surface area contributed by atoms with Crippen molar-refractivity contribution in [2.45, 2.75) is 18.7 Å². The molecule has 1 unspecified atom stereocenters. The summed E-state index contributed by atoms with van der Waals surface area (Å²) in [6, 6.07) is 1.25. The van der Waals surface area contributed by atoms with E-state index in [9.17, 15) is 4.79 Å². The van der Waals surface area contributed by atoms with Crippen molar-refractivity contribution in [2.24, 2.45) is 5.73 Å². The van der Waals surface area contributed by atoms with E-state index in [1.807, 2.05) is 13.2 Å². The molecule has 0 aliphatic heterocycles. The number of rotatable bonds is 3. The van der Waals surface area contributed by atoms with Gasteiger partial charge < -0.3 is 10.7 Å². The predicted molar refractivity (Wildman–Crippen MR) is 54.7 cm³/mol. The number of nitrogens with two attached hydrogens (primary N) is 1. The quantitative estimate of drug-likeness (QED) is 0.750. The maximum absolute atomic E-state index is 11.1. The summed E-state index contributed by atoms with van der Waals surface area (Å²) in [6.45, 7) is 1.81. The summed E-state index contributed by atoms with van der Waals surface area (Å²) < 4.78 is 0. The van der Waals surface area contributed by atoms with Crippen LogP contribution in [0.4, 0.5) is 0 Å². The molecule has 0 aliphatic rings. The van der Waals surface area contributed by atoms with Gasteiger partial charge in [-0.2, -0.15) is 11.8 Å². The average Bonchev–Trinajstić information content (AvgIpc) is 2.03. The number of nitrogens with zero attached hydrogens (tertiary/aromatic N) is 1. The number of aromatic amines is 1. The molecule has 0 fully saturated rings. The fraction of sp³-hybridized carbons (Fsp3) is 0.500. The zero-order valence-electron chi connectivity index (χ0n) is 7.70. The molecule has 0 aromatic carbocycles. The van der Waals surface area contributed by atoms with Crippen molar-refractivity contribution < 1.29 is 0 Å². The van der Waals surface area contributed by atoms with Crippen LogP contribution in [0.15, 0.2) is 10.9 Å². The van der Waals surface area contributed by atoms with E-state index in [2.05, 4.69) is 9.97 Å². The highest BCUT2D eigenvalue weighted by atomic mass is 32.2. The molecular weight excluding hydrogens is 186 g/mol. The molecule has 0 radical (unpaired) electrons. The van der Waals surface area contributed by atoms with Gasteiger partial charge in [0, 0.05) is 12.1 Å². The number of H-pyrrole nitrogens is 1. The first-order chi connectivity index (χ1) is 6.13. The monoisotopic (exact) mass is 199 g/mol. The largest absolute Gasteiger partial charge is 0.323 e. The van der Waals surface area contributed by atoms with Crippen LogP contribution in [0.3, 0.4) is 0 Å². The lowest BCUT2D eigenvalue weighted by molar-refractivity contribution is 0.759. The van der Waals surface area contributed by atoms with E-state index in [4.69, 9.17) is 5.73 Å². The van der Waals surface area contributed by atoms with E-state index in [1.54, 1.807) is 11.8 Å². The Balaban J connectivity index is 3.04. The molecule has 1 rings (SSSR count). The van der Waals surface area contributed by atoms with Crippen LogP contribution in [0.2, 0.25) is 0 Å². The Hall–Kier alpha value is -0.810. The van der Waals surface area contributed by atoms with Crippen molar-refractivity contribution >= 4 is 11.8 Å². The van der Waals surface area contributed by atoms with E-state index >= 15 is 0 Å². The van der Waals surface area contributed by atoms with Crippen LogP contribution in [0.5, 0.6) is 0 Å². The molecule has 0 saturated carbocycles. The third-order valence-electron chi connectivity index (χ3n) is 1.56. The van der Waals surface area contributed by atoms with Crippen molar-refractivity contribution in [1.82, 2.24) is 9.97 Å². The minimum Gasteiger partial charge on any atom is -0.323 e. The van der Waals surface area contributed by atoms with E-state index in [0.29, 0.717) is 17.3 Å². The van der Waals surface area contributed by atoms with Crippen LogP contribution in [-0.2, 0) is 5.75 Å². The molecular formula is C8H13N3OS. The zero-order valence-corrected chi connectivity index (χ0v) is 8.52. The maximum atomic E-state index is 11.1. The number of hydrogen-bond donors (Lipinski definition) is 2. The summed E-state index contributed by atoms with van der Waals surface area (Å²) in [5, 5.41) is 0. The smallest absolute Gasteiger partial charge is 0.251 e. The van der Waals surface area contributed by atoms with Gasteiger partial charge in [0.25, 0.3) is 5.56 Å². The van der Waals surface area contributed by atoms with Gasteiger partial charge >= 0.3 is 0 Å². The third kappa shape index (κ3) is 2.86. The molecule has 0 amide bonds. The second kappa shape index (κ2) is 4.43. The Morgan fingerprint density at radius 2 is 2.46 bits per heavy atom. The molecule has 1 aromatic heterocycles. The standard InChI is InChI=1S/C8H13N3OS/c1-5(9)6-3-8(12)11-7(10-6)4-13-2/h3,5H,4,9H2,1-2H3,(H,10,11,12). The number of hydrogen-bond acceptors (Lipinski definition) is 4. The molecule has 1 atom stereocenters. The third-order valence-corrected chi connectivity index (χ3v) is 2.12. The van der Waals surface area contributed by atoms with Gasteiger partial charge in [0.2, 0.25) is 0 Å². The topological polar surface area (TPSA) is 71.8 Å². The lowest BCUT2D eigenvalue weighted by Crippen LogP contribution is -2.16. The molecule has 13 heavy (non-hydrogen) atoms. The van der Waals surface area contributed by atoms with E-state index in [0.717, 1.165) is 0 Å². The molecule has 0 bridgehead atoms. The van der Waals surface area contributed by atoms with E-state index < -0.39 is 0 Å². The fourth-order valence-corrected chi connectivity index (χ4v) is 1.38. The van der Waals surface area contributed by atoms with Gasteiger partial charge in [-0.15, -0.1) is 0 Å². The van der Waals surface area contributed by atoms with Crippen molar-refractivity contribution in [3.63, 3.8) is 0 Å². The van der Waals surface area contributed by atoms with Gasteiger partial charge in [0.15, 0.2) is 0 Å². The first-order valence-electron chi connectivity index (χ1n) is 3.98. The molecule has 5 heteroatoms. The highest BCUT2D eigenvalue weighted by Crippen LogP contribution is 2.06. The zero-order chi connectivity index (χ0) is 9.84. The fourth-order valence-electron chi connectivity index (χ4n) is 0.967. The molecule has 1 heterocycles. The number of nitrogens with one attached hydrogen (secondary N) is 1. The van der Waals surface area contributed by atoms with Gasteiger partial charge in [0.05, 0.1) is 11.4 Å². The molecule has 4 nitrogen and oxygen atoms in total. The van der Waals surface area contributed by atoms with Crippen LogP contribution >= 0.6 is 11.8 Å². The van der Waals surface area contributed by atoms with Crippen molar-refractivity contribution in [1.29, 1.82) is 0 Å². The van der Waals surface area contributed by atoms with Crippen molar-refractivity contribution in [3.8, 4) is 0 Å². The molecule has 0 aliphatic carbocycles. The second-order valence-corrected chi connectivity index (χ2v) is 3.70. The van der Waals surface area contributed by atoms with Gasteiger partial charge in [0.1, 0.15) is 5.82 Å². The Morgan fingerprint density at radius 3 is 3.00 bits per heavy atom. The molecule has 0 spiro atoms. The van der Waals surface area contributed by atoms with Crippen molar-refractivity contribution in [3.05, 3.63) is 27.9 Å². The highest BCUT2D eigenvalue weighted by molar-refractivity contribution is 7.97. The van der Waals surface area contributed by atoms with Gasteiger partial charge in [-0.25, -0.2) is 4.98 Å². The summed E-state index contributed by atoms with van der Waals surface area (Å²) in [6.07, 6.45) is 1.96. The van der Waals surface area contributed by atoms with Crippen LogP contribution < -0.4 is 11.3 Å². The van der Waals surface area contributed by atoms with Crippen LogP contribution in [0.1, 0.15) is 24.5 Å². The van der Waals surface area contributed by atoms with E-state index in [-0.39, 0.29) is 11.6 Å². The second-order valence-electron chi connectivity index (χ2n) is 2.84. The minimum absolute atomic E-state index is 0.133. The molecule has 72 valence electrons. The summed E-state index contributed by atoms with van der Waals surface area (Å²) in [5.74, 6) is 1.39. The molecule has 3 N–H and O–H groups in total. The van der Waals surface area contributed by atoms with E-state index in [1.165, 1.54) is 6.07 Å². The number of thioether (sulfide) groups is 1. The Kier molecular flexibility index (Phi) is 3.50. The predicted octanol–water partition coefficient (Wildman–Crippen LogP) is 0.653. The average molecular weight is 199 g/mol. The Morgan fingerprint density at radius 1 is 1.77 bits per heavy atom. The molecule has 0 saturated heterocycles. The van der Waals surface area contributed by atoms with Gasteiger partial charge in [-0.05, 0) is 13.2 Å². The SMILES string of the molecule is CSCc1nc(C(C)N)cc(=O)[nH]1. The lowest BCUT2D eigenvalue weighted by atomic mass is 10.2. The van der Waals surface area contributed by atoms with Gasteiger partial charge in [-0.1, -0.05) is 0 Å². The van der Waals surface area contributed by atoms with Gasteiger partial charge in [-0.3, -0.25) is 4.79 Å². The van der Waals surface area contributed by atoms with Crippen LogP contribution in [0, 0.1) is 0 Å². The van der Waals surface area contributed by atoms with Crippen LogP contribution in [0.25, 0.3) is 0 Å². The maximum Gasteiger partial charge on any atom is 0.251 e. The van der Waals surface area contributed by atoms with Crippen molar-refractivity contribution in [2.75, 3.05) is 6.26 Å². The summed E-state index contributed by atoms with van der Waals surface area (Å²) in [5.41, 5.74) is 6.14. The first kappa shape index (κ1) is 10.3. The first-order valence-corrected chi connectivity index (χ1v) is 5.37. The Labute approximate surface area is 81.0 Å². The Bertz CT molecular complexity index is 334. The minimum atomic E-state index is -0.192. The number of aromatic nitrogens is 2. The summed E-state index contributed by atoms with van der Waals surface area (Å²) in [7, 11) is 0. The summed E-state index contributed by atoms with van der Waals surface area (Å²) in [4.78, 5) is 18.0. The van der Waals surface area contributed by atoms with Crippen LogP contribution in [-0.4, -0.2) is 16.2 Å².